The van der Waals surface area contributed by atoms with Crippen LogP contribution in [0, 0.1) is 5.82 Å². The molecule has 0 aliphatic heterocycles. The molecule has 1 aromatic carbocycles. The van der Waals surface area contributed by atoms with Gasteiger partial charge in [-0.05, 0) is 29.7 Å². The molecular weight excluding hydrogens is 238 g/mol. The Morgan fingerprint density at radius 1 is 1.18 bits per heavy atom. The second-order valence-corrected chi connectivity index (χ2v) is 3.51. The first-order valence-electron chi connectivity index (χ1n) is 4.91. The Morgan fingerprint density at radius 2 is 1.94 bits per heavy atom. The number of hydrogen-bond donors (Lipinski definition) is 0. The van der Waals surface area contributed by atoms with Crippen molar-refractivity contribution in [3.63, 3.8) is 0 Å². The van der Waals surface area contributed by atoms with Crippen LogP contribution in [0.15, 0.2) is 30.5 Å². The first-order chi connectivity index (χ1) is 7.96. The fourth-order valence-electron chi connectivity index (χ4n) is 1.61. The molecule has 2 rings (SSSR count). The molecule has 1 aromatic heterocycles. The highest BCUT2D eigenvalue weighted by Crippen LogP contribution is 2.19. The summed E-state index contributed by atoms with van der Waals surface area (Å²) >= 11 is 0. The lowest BCUT2D eigenvalue weighted by Crippen LogP contribution is -2.17. The maximum Gasteiger partial charge on any atom is 0.522 e. The molecule has 1 heterocycles. The number of hydrogen-bond acceptors (Lipinski definition) is 1. The highest BCUT2D eigenvalue weighted by atomic mass is 19.4. The van der Waals surface area contributed by atoms with Crippen LogP contribution in [0.4, 0.5) is 17.6 Å². The molecule has 0 aliphatic rings. The van der Waals surface area contributed by atoms with Crippen LogP contribution in [0.2, 0.25) is 0 Å². The minimum atomic E-state index is -4.63. The van der Waals surface area contributed by atoms with Gasteiger partial charge in [0.05, 0.1) is 12.1 Å². The topological polar surface area (TPSA) is 14.2 Å². The minimum Gasteiger partial charge on any atom is -0.345 e. The van der Waals surface area contributed by atoms with Gasteiger partial charge in [-0.25, -0.2) is 4.39 Å². The van der Waals surface area contributed by atoms with E-state index in [-0.39, 0.29) is 6.54 Å². The molecule has 0 saturated carbocycles. The van der Waals surface area contributed by atoms with Crippen LogP contribution in [-0.4, -0.2) is 17.5 Å². The number of halogens is 4. The summed E-state index contributed by atoms with van der Waals surface area (Å²) in [5.41, 5.74) is 0.552. The van der Waals surface area contributed by atoms with E-state index in [9.17, 15) is 17.6 Å². The van der Waals surface area contributed by atoms with Crippen LogP contribution in [0.25, 0.3) is 10.9 Å². The summed E-state index contributed by atoms with van der Waals surface area (Å²) in [7, 11) is 0. The SMILES string of the molecule is Fc1ccc2ccn(CCOC(F)(F)F)c2c1. The number of ether oxygens (including phenoxy) is 1. The third-order valence-corrected chi connectivity index (χ3v) is 2.33. The van der Waals surface area contributed by atoms with Crippen molar-refractivity contribution in [2.24, 2.45) is 0 Å². The molecule has 92 valence electrons. The molecule has 0 fully saturated rings. The molecule has 17 heavy (non-hydrogen) atoms. The molecule has 0 N–H and O–H groups in total. The third kappa shape index (κ3) is 2.97. The number of fused-ring (bicyclic) bond motifs is 1. The van der Waals surface area contributed by atoms with Gasteiger partial charge in [0.2, 0.25) is 0 Å². The van der Waals surface area contributed by atoms with Crippen molar-refractivity contribution in [2.75, 3.05) is 6.61 Å². The lowest BCUT2D eigenvalue weighted by atomic mass is 10.2. The van der Waals surface area contributed by atoms with E-state index in [1.54, 1.807) is 18.3 Å². The van der Waals surface area contributed by atoms with Crippen molar-refractivity contribution < 1.29 is 22.3 Å². The van der Waals surface area contributed by atoms with E-state index in [0.717, 1.165) is 5.39 Å². The number of nitrogens with zero attached hydrogens (tertiary/aromatic N) is 1. The maximum atomic E-state index is 13.0. The van der Waals surface area contributed by atoms with Gasteiger partial charge in [0.25, 0.3) is 0 Å². The van der Waals surface area contributed by atoms with Crippen molar-refractivity contribution in [3.8, 4) is 0 Å². The summed E-state index contributed by atoms with van der Waals surface area (Å²) in [6.45, 7) is -0.476. The molecule has 0 amide bonds. The van der Waals surface area contributed by atoms with Gasteiger partial charge in [0.1, 0.15) is 5.82 Å². The van der Waals surface area contributed by atoms with E-state index in [1.165, 1.54) is 16.7 Å². The average molecular weight is 247 g/mol. The average Bonchev–Trinajstić information content (AvgIpc) is 2.59. The van der Waals surface area contributed by atoms with Gasteiger partial charge in [-0.3, -0.25) is 4.74 Å². The van der Waals surface area contributed by atoms with Crippen molar-refractivity contribution in [1.29, 1.82) is 0 Å². The Bertz CT molecular complexity index is 518. The highest BCUT2D eigenvalue weighted by molar-refractivity contribution is 5.80. The Balaban J connectivity index is 2.11. The summed E-state index contributed by atoms with van der Waals surface area (Å²) in [4.78, 5) is 0. The summed E-state index contributed by atoms with van der Waals surface area (Å²) in [6.07, 6.45) is -3.03. The zero-order chi connectivity index (χ0) is 12.5. The standard InChI is InChI=1S/C11H9F4NO/c12-9-2-1-8-3-4-16(10(8)7-9)5-6-17-11(13,14)15/h1-4,7H,5-6H2. The molecule has 0 atom stereocenters. The molecule has 0 aliphatic carbocycles. The summed E-state index contributed by atoms with van der Waals surface area (Å²) < 4.78 is 53.5. The number of alkyl halides is 3. The van der Waals surface area contributed by atoms with Crippen LogP contribution in [0.1, 0.15) is 0 Å². The summed E-state index contributed by atoms with van der Waals surface area (Å²) in [5.74, 6) is -0.422. The van der Waals surface area contributed by atoms with E-state index in [4.69, 9.17) is 0 Å². The Hall–Kier alpha value is -1.56. The minimum absolute atomic E-state index is 0.0203. The molecular formula is C11H9F4NO. The second kappa shape index (κ2) is 4.37. The van der Waals surface area contributed by atoms with E-state index < -0.39 is 18.8 Å². The zero-order valence-corrected chi connectivity index (χ0v) is 8.67. The van der Waals surface area contributed by atoms with E-state index in [1.807, 2.05) is 0 Å². The van der Waals surface area contributed by atoms with Crippen molar-refractivity contribution in [3.05, 3.63) is 36.3 Å². The Kier molecular flexibility index (Phi) is 3.06. The molecule has 0 radical (unpaired) electrons. The van der Waals surface area contributed by atoms with Crippen molar-refractivity contribution >= 4 is 10.9 Å². The fourth-order valence-corrected chi connectivity index (χ4v) is 1.61. The van der Waals surface area contributed by atoms with Crippen molar-refractivity contribution in [1.82, 2.24) is 4.57 Å². The predicted molar refractivity (Wildman–Crippen MR) is 53.9 cm³/mol. The predicted octanol–water partition coefficient (Wildman–Crippen LogP) is 3.32. The van der Waals surface area contributed by atoms with Crippen LogP contribution in [0.3, 0.4) is 0 Å². The van der Waals surface area contributed by atoms with Crippen LogP contribution in [-0.2, 0) is 11.3 Å². The Labute approximate surface area is 94.4 Å². The Morgan fingerprint density at radius 3 is 2.65 bits per heavy atom. The van der Waals surface area contributed by atoms with Crippen LogP contribution in [0.5, 0.6) is 0 Å². The van der Waals surface area contributed by atoms with Gasteiger partial charge >= 0.3 is 6.36 Å². The van der Waals surface area contributed by atoms with Crippen molar-refractivity contribution in [2.45, 2.75) is 12.9 Å². The molecule has 0 unspecified atom stereocenters. The number of aromatic nitrogens is 1. The van der Waals surface area contributed by atoms with Gasteiger partial charge in [0.15, 0.2) is 0 Å². The number of benzene rings is 1. The second-order valence-electron chi connectivity index (χ2n) is 3.51. The fraction of sp³-hybridized carbons (Fsp3) is 0.273. The van der Waals surface area contributed by atoms with Gasteiger partial charge in [0, 0.05) is 12.7 Å². The van der Waals surface area contributed by atoms with Crippen LogP contribution >= 0.6 is 0 Å². The molecule has 2 aromatic rings. The molecule has 6 heteroatoms. The lowest BCUT2D eigenvalue weighted by molar-refractivity contribution is -0.325. The molecule has 0 bridgehead atoms. The zero-order valence-electron chi connectivity index (χ0n) is 8.67. The van der Waals surface area contributed by atoms with Gasteiger partial charge < -0.3 is 4.57 Å². The highest BCUT2D eigenvalue weighted by Gasteiger charge is 2.28. The van der Waals surface area contributed by atoms with Gasteiger partial charge in [-0.15, -0.1) is 13.2 Å². The third-order valence-electron chi connectivity index (χ3n) is 2.33. The van der Waals surface area contributed by atoms with Crippen LogP contribution < -0.4 is 0 Å². The van der Waals surface area contributed by atoms with Gasteiger partial charge in [-0.2, -0.15) is 0 Å². The monoisotopic (exact) mass is 247 g/mol. The smallest absolute Gasteiger partial charge is 0.345 e. The lowest BCUT2D eigenvalue weighted by Gasteiger charge is -2.08. The summed E-state index contributed by atoms with van der Waals surface area (Å²) in [5, 5.41) is 0.776. The quantitative estimate of drug-likeness (QED) is 0.759. The molecule has 0 saturated heterocycles. The first kappa shape index (κ1) is 11.9. The normalized spacial score (nSPS) is 12.2. The molecule has 0 spiro atoms. The van der Waals surface area contributed by atoms with Gasteiger partial charge in [-0.1, -0.05) is 0 Å². The molecule has 2 nitrogen and oxygen atoms in total. The van der Waals surface area contributed by atoms with E-state index >= 15 is 0 Å². The maximum absolute atomic E-state index is 13.0. The number of rotatable bonds is 3. The van der Waals surface area contributed by atoms with E-state index in [2.05, 4.69) is 4.74 Å². The van der Waals surface area contributed by atoms with E-state index in [0.29, 0.717) is 5.52 Å². The first-order valence-corrected chi connectivity index (χ1v) is 4.91. The largest absolute Gasteiger partial charge is 0.522 e. The summed E-state index contributed by atoms with van der Waals surface area (Å²) in [6, 6.07) is 5.87.